The number of ether oxygens (including phenoxy) is 1. The Balaban J connectivity index is 2.20. The smallest absolute Gasteiger partial charge is 0.405 e. The van der Waals surface area contributed by atoms with Gasteiger partial charge in [0.25, 0.3) is 5.91 Å². The minimum absolute atomic E-state index is 0.0948. The number of aldehydes is 1. The van der Waals surface area contributed by atoms with Gasteiger partial charge in [-0.25, -0.2) is 4.98 Å². The number of halogens is 3. The van der Waals surface area contributed by atoms with Gasteiger partial charge in [-0.05, 0) is 24.3 Å². The van der Waals surface area contributed by atoms with Gasteiger partial charge in [0.2, 0.25) is 0 Å². The Kier molecular flexibility index (Phi) is 4.40. The Labute approximate surface area is 122 Å². The Hall–Kier alpha value is -2.90. The highest BCUT2D eigenvalue weighted by atomic mass is 19.4. The molecule has 1 amide bonds. The molecule has 0 atom stereocenters. The minimum atomic E-state index is -4.90. The number of benzene rings is 1. The summed E-state index contributed by atoms with van der Waals surface area (Å²) in [7, 11) is 0. The van der Waals surface area contributed by atoms with E-state index in [2.05, 4.69) is 15.0 Å². The summed E-state index contributed by atoms with van der Waals surface area (Å²) in [6.07, 6.45) is -3.11. The van der Waals surface area contributed by atoms with Gasteiger partial charge in [-0.1, -0.05) is 12.1 Å². The van der Waals surface area contributed by atoms with Crippen LogP contribution in [0.4, 0.5) is 19.0 Å². The molecule has 0 saturated heterocycles. The van der Waals surface area contributed by atoms with Crippen molar-refractivity contribution in [3.8, 4) is 5.75 Å². The summed E-state index contributed by atoms with van der Waals surface area (Å²) >= 11 is 0. The number of hydrogen-bond acceptors (Lipinski definition) is 4. The van der Waals surface area contributed by atoms with E-state index in [9.17, 15) is 22.8 Å². The molecule has 0 spiro atoms. The number of rotatable bonds is 4. The van der Waals surface area contributed by atoms with Gasteiger partial charge in [0, 0.05) is 11.8 Å². The third kappa shape index (κ3) is 4.05. The van der Waals surface area contributed by atoms with Gasteiger partial charge >= 0.3 is 6.36 Å². The number of anilines is 1. The molecule has 1 aromatic heterocycles. The first kappa shape index (κ1) is 15.5. The van der Waals surface area contributed by atoms with E-state index < -0.39 is 18.0 Å². The molecule has 5 nitrogen and oxygen atoms in total. The molecule has 0 aliphatic heterocycles. The van der Waals surface area contributed by atoms with Crippen LogP contribution in [0.2, 0.25) is 0 Å². The van der Waals surface area contributed by atoms with Gasteiger partial charge in [-0.15, -0.1) is 13.2 Å². The van der Waals surface area contributed by atoms with Crippen molar-refractivity contribution in [3.05, 3.63) is 53.7 Å². The van der Waals surface area contributed by atoms with E-state index >= 15 is 0 Å². The third-order valence-electron chi connectivity index (χ3n) is 2.52. The normalized spacial score (nSPS) is 10.9. The molecule has 0 bridgehead atoms. The quantitative estimate of drug-likeness (QED) is 0.881. The molecular formula is C14H9F3N2O3. The second-order valence-corrected chi connectivity index (χ2v) is 4.09. The van der Waals surface area contributed by atoms with Crippen molar-refractivity contribution < 1.29 is 27.5 Å². The zero-order valence-electron chi connectivity index (χ0n) is 10.9. The molecule has 22 heavy (non-hydrogen) atoms. The number of nitrogens with one attached hydrogen (secondary N) is 1. The Morgan fingerprint density at radius 1 is 1.18 bits per heavy atom. The van der Waals surface area contributed by atoms with E-state index in [0.29, 0.717) is 11.8 Å². The van der Waals surface area contributed by atoms with E-state index in [1.54, 1.807) is 0 Å². The number of carbonyl (C=O) groups excluding carboxylic acids is 2. The molecule has 0 fully saturated rings. The lowest BCUT2D eigenvalue weighted by Gasteiger charge is -2.12. The maximum atomic E-state index is 12.3. The van der Waals surface area contributed by atoms with E-state index in [1.165, 1.54) is 36.5 Å². The summed E-state index contributed by atoms with van der Waals surface area (Å²) in [5, 5.41) is 2.32. The van der Waals surface area contributed by atoms with Gasteiger partial charge in [-0.2, -0.15) is 0 Å². The number of alkyl halides is 3. The number of hydrogen-bond donors (Lipinski definition) is 1. The average molecular weight is 310 g/mol. The van der Waals surface area contributed by atoms with E-state index in [4.69, 9.17) is 0 Å². The molecule has 8 heteroatoms. The van der Waals surface area contributed by atoms with Gasteiger partial charge in [0.1, 0.15) is 11.6 Å². The third-order valence-corrected chi connectivity index (χ3v) is 2.52. The number of amides is 1. The van der Waals surface area contributed by atoms with Crippen molar-refractivity contribution >= 4 is 18.0 Å². The molecule has 0 aliphatic carbocycles. The zero-order valence-corrected chi connectivity index (χ0v) is 10.9. The molecule has 2 aromatic rings. The van der Waals surface area contributed by atoms with Crippen molar-refractivity contribution in [2.24, 2.45) is 0 Å². The van der Waals surface area contributed by atoms with Crippen LogP contribution in [-0.2, 0) is 0 Å². The Morgan fingerprint density at radius 2 is 1.91 bits per heavy atom. The molecule has 0 radical (unpaired) electrons. The largest absolute Gasteiger partial charge is 0.573 e. The average Bonchev–Trinajstić information content (AvgIpc) is 2.47. The first-order chi connectivity index (χ1) is 10.4. The fourth-order valence-corrected chi connectivity index (χ4v) is 1.60. The van der Waals surface area contributed by atoms with Gasteiger partial charge in [-0.3, -0.25) is 9.59 Å². The first-order valence-electron chi connectivity index (χ1n) is 5.96. The summed E-state index contributed by atoms with van der Waals surface area (Å²) in [4.78, 5) is 26.3. The Bertz CT molecular complexity index is 684. The second kappa shape index (κ2) is 6.25. The van der Waals surface area contributed by atoms with Crippen LogP contribution in [0.1, 0.15) is 20.7 Å². The number of carbonyl (C=O) groups is 2. The number of nitrogens with zero attached hydrogens (tertiary/aromatic N) is 1. The lowest BCUT2D eigenvalue weighted by molar-refractivity contribution is -0.274. The molecule has 1 aromatic carbocycles. The van der Waals surface area contributed by atoms with E-state index in [0.717, 1.165) is 6.07 Å². The molecule has 114 valence electrons. The maximum absolute atomic E-state index is 12.3. The summed E-state index contributed by atoms with van der Waals surface area (Å²) in [5.41, 5.74) is 0.0138. The molecular weight excluding hydrogens is 301 g/mol. The van der Waals surface area contributed by atoms with Crippen LogP contribution in [0, 0.1) is 0 Å². The highest BCUT2D eigenvalue weighted by Gasteiger charge is 2.32. The molecule has 0 aliphatic rings. The maximum Gasteiger partial charge on any atom is 0.573 e. The number of para-hydroxylation sites is 1. The minimum Gasteiger partial charge on any atom is -0.405 e. The summed E-state index contributed by atoms with van der Waals surface area (Å²) in [6, 6.07) is 7.71. The van der Waals surface area contributed by atoms with Crippen molar-refractivity contribution in [2.45, 2.75) is 6.36 Å². The van der Waals surface area contributed by atoms with E-state index in [1.807, 2.05) is 0 Å². The molecule has 0 unspecified atom stereocenters. The standard InChI is InChI=1S/C14H9F3N2O3/c15-14(16,17)22-11-4-2-1-3-10(11)13(21)19-12-6-5-9(8-20)7-18-12/h1-8H,(H,18,19,21). The lowest BCUT2D eigenvalue weighted by Crippen LogP contribution is -2.21. The SMILES string of the molecule is O=Cc1ccc(NC(=O)c2ccccc2OC(F)(F)F)nc1. The Morgan fingerprint density at radius 3 is 2.50 bits per heavy atom. The second-order valence-electron chi connectivity index (χ2n) is 4.09. The predicted octanol–water partition coefficient (Wildman–Crippen LogP) is 3.05. The van der Waals surface area contributed by atoms with Crippen LogP contribution in [0.3, 0.4) is 0 Å². The fraction of sp³-hybridized carbons (Fsp3) is 0.0714. The van der Waals surface area contributed by atoms with Crippen LogP contribution < -0.4 is 10.1 Å². The summed E-state index contributed by atoms with van der Waals surface area (Å²) < 4.78 is 40.7. The van der Waals surface area contributed by atoms with Crippen LogP contribution in [0.25, 0.3) is 0 Å². The predicted molar refractivity (Wildman–Crippen MR) is 70.7 cm³/mol. The lowest BCUT2D eigenvalue weighted by atomic mass is 10.2. The van der Waals surface area contributed by atoms with Crippen molar-refractivity contribution in [1.29, 1.82) is 0 Å². The van der Waals surface area contributed by atoms with Gasteiger partial charge in [0.05, 0.1) is 5.56 Å². The molecule has 0 saturated carbocycles. The van der Waals surface area contributed by atoms with Crippen LogP contribution in [0.5, 0.6) is 5.75 Å². The highest BCUT2D eigenvalue weighted by molar-refractivity contribution is 6.05. The van der Waals surface area contributed by atoms with Crippen molar-refractivity contribution in [1.82, 2.24) is 4.98 Å². The van der Waals surface area contributed by atoms with E-state index in [-0.39, 0.29) is 11.4 Å². The molecule has 2 rings (SSSR count). The van der Waals surface area contributed by atoms with Crippen molar-refractivity contribution in [3.63, 3.8) is 0 Å². The van der Waals surface area contributed by atoms with Crippen LogP contribution >= 0.6 is 0 Å². The van der Waals surface area contributed by atoms with Crippen LogP contribution in [0.15, 0.2) is 42.6 Å². The monoisotopic (exact) mass is 310 g/mol. The van der Waals surface area contributed by atoms with Crippen LogP contribution in [-0.4, -0.2) is 23.5 Å². The number of pyridine rings is 1. The van der Waals surface area contributed by atoms with Gasteiger partial charge in [0.15, 0.2) is 6.29 Å². The number of aromatic nitrogens is 1. The first-order valence-corrected chi connectivity index (χ1v) is 5.96. The zero-order chi connectivity index (χ0) is 16.2. The van der Waals surface area contributed by atoms with Crippen molar-refractivity contribution in [2.75, 3.05) is 5.32 Å². The topological polar surface area (TPSA) is 68.3 Å². The highest BCUT2D eigenvalue weighted by Crippen LogP contribution is 2.26. The van der Waals surface area contributed by atoms with Gasteiger partial charge < -0.3 is 10.1 Å². The molecule has 1 heterocycles. The fourth-order valence-electron chi connectivity index (χ4n) is 1.60. The summed E-state index contributed by atoms with van der Waals surface area (Å²) in [6.45, 7) is 0. The molecule has 1 N–H and O–H groups in total. The summed E-state index contributed by atoms with van der Waals surface area (Å²) in [5.74, 6) is -1.33.